The minimum absolute atomic E-state index is 0.210. The summed E-state index contributed by atoms with van der Waals surface area (Å²) in [6, 6.07) is 7.23. The van der Waals surface area contributed by atoms with Crippen molar-refractivity contribution in [2.45, 2.75) is 10.7 Å². The molecule has 0 aliphatic heterocycles. The number of hydrogen-bond acceptors (Lipinski definition) is 4. The van der Waals surface area contributed by atoms with Crippen molar-refractivity contribution in [1.82, 2.24) is 4.98 Å². The number of methoxy groups -OCH3 is 1. The van der Waals surface area contributed by atoms with E-state index in [1.807, 2.05) is 0 Å². The van der Waals surface area contributed by atoms with Crippen molar-refractivity contribution in [3.05, 3.63) is 47.8 Å². The van der Waals surface area contributed by atoms with E-state index in [0.717, 1.165) is 0 Å². The molecule has 0 saturated carbocycles. The molecule has 1 heterocycles. The van der Waals surface area contributed by atoms with Crippen LogP contribution in [-0.2, 0) is 4.74 Å². The Morgan fingerprint density at radius 1 is 1.27 bits per heavy atom. The quantitative estimate of drug-likeness (QED) is 0.653. The summed E-state index contributed by atoms with van der Waals surface area (Å²) in [6.45, 7) is 0. The third kappa shape index (κ3) is 4.08. The van der Waals surface area contributed by atoms with Crippen LogP contribution >= 0.6 is 11.8 Å². The summed E-state index contributed by atoms with van der Waals surface area (Å²) < 4.78 is 29.0. The maximum atomic E-state index is 12.2. The maximum Gasteiger partial charge on any atom is 0.354 e. The lowest BCUT2D eigenvalue weighted by atomic mass is 10.2. The van der Waals surface area contributed by atoms with E-state index in [4.69, 9.17) is 0 Å². The number of anilines is 1. The SMILES string of the molecule is COC(=O)c1cc(NC(=O)c2ccc(SC(F)F)cc2)c[nH]1. The number of alkyl halides is 2. The standard InChI is InChI=1S/C14H12F2N2O3S/c1-21-13(20)11-6-9(7-17-11)18-12(19)8-2-4-10(5-3-8)22-14(15)16/h2-7,14,17H,1H3,(H,18,19). The number of ether oxygens (including phenoxy) is 1. The molecule has 0 spiro atoms. The molecule has 1 aromatic carbocycles. The summed E-state index contributed by atoms with van der Waals surface area (Å²) in [5.74, 6) is -3.46. The number of rotatable bonds is 5. The van der Waals surface area contributed by atoms with Gasteiger partial charge < -0.3 is 15.0 Å². The first kappa shape index (κ1) is 16.0. The monoisotopic (exact) mass is 326 g/mol. The average Bonchev–Trinajstić information content (AvgIpc) is 2.95. The molecule has 8 heteroatoms. The van der Waals surface area contributed by atoms with E-state index in [-0.39, 0.29) is 5.69 Å². The van der Waals surface area contributed by atoms with Gasteiger partial charge >= 0.3 is 5.97 Å². The molecule has 0 saturated heterocycles. The number of carbonyl (C=O) groups excluding carboxylic acids is 2. The van der Waals surface area contributed by atoms with Crippen LogP contribution < -0.4 is 5.32 Å². The fourth-order valence-corrected chi connectivity index (χ4v) is 2.18. The van der Waals surface area contributed by atoms with Crippen LogP contribution in [0.2, 0.25) is 0 Å². The van der Waals surface area contributed by atoms with Crippen LogP contribution in [-0.4, -0.2) is 29.7 Å². The Morgan fingerprint density at radius 3 is 2.55 bits per heavy atom. The van der Waals surface area contributed by atoms with Gasteiger partial charge in [-0.3, -0.25) is 4.79 Å². The summed E-state index contributed by atoms with van der Waals surface area (Å²) in [7, 11) is 1.25. The first-order valence-corrected chi connectivity index (χ1v) is 7.00. The summed E-state index contributed by atoms with van der Waals surface area (Å²) >= 11 is 0.410. The zero-order valence-electron chi connectivity index (χ0n) is 11.4. The first-order valence-electron chi connectivity index (χ1n) is 6.12. The molecule has 0 aliphatic carbocycles. The lowest BCUT2D eigenvalue weighted by Crippen LogP contribution is -2.11. The predicted molar refractivity (Wildman–Crippen MR) is 78.4 cm³/mol. The van der Waals surface area contributed by atoms with Crippen LogP contribution in [0.4, 0.5) is 14.5 Å². The maximum absolute atomic E-state index is 12.2. The number of amides is 1. The Kier molecular flexibility index (Phi) is 5.16. The van der Waals surface area contributed by atoms with Crippen molar-refractivity contribution < 1.29 is 23.1 Å². The zero-order chi connectivity index (χ0) is 16.1. The number of hydrogen-bond donors (Lipinski definition) is 2. The van der Waals surface area contributed by atoms with Gasteiger partial charge in [0, 0.05) is 16.7 Å². The highest BCUT2D eigenvalue weighted by molar-refractivity contribution is 7.99. The molecule has 2 aromatic rings. The second kappa shape index (κ2) is 7.08. The van der Waals surface area contributed by atoms with Crippen LogP contribution in [0.1, 0.15) is 20.8 Å². The number of aromatic nitrogens is 1. The number of carbonyl (C=O) groups is 2. The van der Waals surface area contributed by atoms with E-state index >= 15 is 0 Å². The van der Waals surface area contributed by atoms with Crippen molar-refractivity contribution in [1.29, 1.82) is 0 Å². The van der Waals surface area contributed by atoms with Crippen LogP contribution in [0, 0.1) is 0 Å². The summed E-state index contributed by atoms with van der Waals surface area (Å²) in [6.07, 6.45) is 1.45. The summed E-state index contributed by atoms with van der Waals surface area (Å²) in [5, 5.41) is 2.58. The molecular weight excluding hydrogens is 314 g/mol. The number of thioether (sulfide) groups is 1. The van der Waals surface area contributed by atoms with Crippen molar-refractivity contribution in [2.75, 3.05) is 12.4 Å². The smallest absolute Gasteiger partial charge is 0.354 e. The van der Waals surface area contributed by atoms with Crippen LogP contribution in [0.15, 0.2) is 41.4 Å². The molecule has 1 amide bonds. The molecule has 116 valence electrons. The van der Waals surface area contributed by atoms with Crippen molar-refractivity contribution in [3.8, 4) is 0 Å². The lowest BCUT2D eigenvalue weighted by Gasteiger charge is -2.04. The number of H-pyrrole nitrogens is 1. The molecule has 0 unspecified atom stereocenters. The van der Waals surface area contributed by atoms with Crippen LogP contribution in [0.25, 0.3) is 0 Å². The van der Waals surface area contributed by atoms with Gasteiger partial charge in [0.25, 0.3) is 11.7 Å². The van der Waals surface area contributed by atoms with Gasteiger partial charge in [0.15, 0.2) is 0 Å². The van der Waals surface area contributed by atoms with E-state index < -0.39 is 17.6 Å². The molecule has 0 bridgehead atoms. The molecule has 22 heavy (non-hydrogen) atoms. The molecule has 0 atom stereocenters. The van der Waals surface area contributed by atoms with Gasteiger partial charge in [0.1, 0.15) is 5.69 Å². The molecule has 0 aliphatic rings. The molecule has 2 N–H and O–H groups in total. The minimum atomic E-state index is -2.50. The molecule has 2 rings (SSSR count). The normalized spacial score (nSPS) is 10.5. The van der Waals surface area contributed by atoms with E-state index in [1.165, 1.54) is 43.6 Å². The van der Waals surface area contributed by atoms with Crippen molar-refractivity contribution in [2.24, 2.45) is 0 Å². The number of halogens is 2. The Labute approximate surface area is 129 Å². The first-order chi connectivity index (χ1) is 10.5. The fourth-order valence-electron chi connectivity index (χ4n) is 1.69. The van der Waals surface area contributed by atoms with Gasteiger partial charge in [0.2, 0.25) is 0 Å². The number of nitrogens with one attached hydrogen (secondary N) is 2. The number of aromatic amines is 1. The van der Waals surface area contributed by atoms with Gasteiger partial charge in [-0.2, -0.15) is 8.78 Å². The second-order valence-corrected chi connectivity index (χ2v) is 5.21. The highest BCUT2D eigenvalue weighted by Gasteiger charge is 2.12. The molecular formula is C14H12F2N2O3S. The van der Waals surface area contributed by atoms with Crippen LogP contribution in [0.5, 0.6) is 0 Å². The van der Waals surface area contributed by atoms with Gasteiger partial charge in [-0.05, 0) is 30.3 Å². The van der Waals surface area contributed by atoms with Crippen molar-refractivity contribution >= 4 is 29.3 Å². The molecule has 1 aromatic heterocycles. The van der Waals surface area contributed by atoms with E-state index in [2.05, 4.69) is 15.0 Å². The van der Waals surface area contributed by atoms with E-state index in [1.54, 1.807) is 0 Å². The zero-order valence-corrected chi connectivity index (χ0v) is 12.2. The second-order valence-electron chi connectivity index (χ2n) is 4.15. The van der Waals surface area contributed by atoms with Crippen LogP contribution in [0.3, 0.4) is 0 Å². The molecule has 0 radical (unpaired) electrons. The summed E-state index contributed by atoms with van der Waals surface area (Å²) in [4.78, 5) is 26.3. The van der Waals surface area contributed by atoms with Gasteiger partial charge in [-0.1, -0.05) is 11.8 Å². The topological polar surface area (TPSA) is 71.2 Å². The Morgan fingerprint density at radius 2 is 1.95 bits per heavy atom. The van der Waals surface area contributed by atoms with Gasteiger partial charge in [-0.15, -0.1) is 0 Å². The molecule has 0 fully saturated rings. The minimum Gasteiger partial charge on any atom is -0.464 e. The van der Waals surface area contributed by atoms with Crippen molar-refractivity contribution in [3.63, 3.8) is 0 Å². The van der Waals surface area contributed by atoms with Gasteiger partial charge in [-0.25, -0.2) is 4.79 Å². The number of benzene rings is 1. The Hall–Kier alpha value is -2.35. The fraction of sp³-hybridized carbons (Fsp3) is 0.143. The molecule has 5 nitrogen and oxygen atoms in total. The predicted octanol–water partition coefficient (Wildman–Crippen LogP) is 3.37. The average molecular weight is 326 g/mol. The Bertz CT molecular complexity index is 671. The van der Waals surface area contributed by atoms with Gasteiger partial charge in [0.05, 0.1) is 12.8 Å². The number of esters is 1. The van der Waals surface area contributed by atoms with E-state index in [9.17, 15) is 18.4 Å². The lowest BCUT2D eigenvalue weighted by molar-refractivity contribution is 0.0594. The van der Waals surface area contributed by atoms with E-state index in [0.29, 0.717) is 27.9 Å². The largest absolute Gasteiger partial charge is 0.464 e. The highest BCUT2D eigenvalue weighted by atomic mass is 32.2. The third-order valence-corrected chi connectivity index (χ3v) is 3.41. The third-order valence-electron chi connectivity index (χ3n) is 2.69. The summed E-state index contributed by atoms with van der Waals surface area (Å²) in [5.41, 5.74) is 0.928. The Balaban J connectivity index is 2.02. The highest BCUT2D eigenvalue weighted by Crippen LogP contribution is 2.25.